The highest BCUT2D eigenvalue weighted by Crippen LogP contribution is 2.35. The minimum atomic E-state index is -0.358. The molecule has 206 valence electrons. The fourth-order valence-electron chi connectivity index (χ4n) is 4.94. The Kier molecular flexibility index (Phi) is 8.12. The van der Waals surface area contributed by atoms with Crippen LogP contribution < -0.4 is 4.74 Å². The molecule has 0 saturated heterocycles. The van der Waals surface area contributed by atoms with Crippen molar-refractivity contribution in [1.82, 2.24) is 19.7 Å². The molecule has 6 nitrogen and oxygen atoms in total. The van der Waals surface area contributed by atoms with Crippen LogP contribution in [0, 0.1) is 0 Å². The number of fused-ring (bicyclic) bond motifs is 1. The summed E-state index contributed by atoms with van der Waals surface area (Å²) in [4.78, 5) is 17.2. The first kappa shape index (κ1) is 27.7. The van der Waals surface area contributed by atoms with Gasteiger partial charge in [0.1, 0.15) is 5.75 Å². The quantitative estimate of drug-likeness (QED) is 0.139. The average Bonchev–Trinajstić information content (AvgIpc) is 3.56. The van der Waals surface area contributed by atoms with Gasteiger partial charge in [-0.2, -0.15) is 0 Å². The third-order valence-electron chi connectivity index (χ3n) is 7.15. The normalized spacial score (nSPS) is 12.4. The highest BCUT2D eigenvalue weighted by atomic mass is 32.2. The number of aromatic nitrogens is 4. The molecular weight excluding hydrogens is 516 g/mol. The molecule has 0 fully saturated rings. The van der Waals surface area contributed by atoms with E-state index in [-0.39, 0.29) is 17.0 Å². The molecule has 40 heavy (non-hydrogen) atoms. The van der Waals surface area contributed by atoms with Crippen LogP contribution in [0.4, 0.5) is 0 Å². The van der Waals surface area contributed by atoms with Crippen molar-refractivity contribution in [3.8, 4) is 22.8 Å². The molecule has 0 bridgehead atoms. The Morgan fingerprint density at radius 3 is 2.40 bits per heavy atom. The van der Waals surface area contributed by atoms with Gasteiger partial charge in [0, 0.05) is 33.9 Å². The van der Waals surface area contributed by atoms with Gasteiger partial charge in [-0.25, -0.2) is 0 Å². The number of benzene rings is 3. The van der Waals surface area contributed by atoms with Crippen molar-refractivity contribution >= 4 is 28.4 Å². The van der Waals surface area contributed by atoms with Crippen LogP contribution in [0.1, 0.15) is 74.9 Å². The zero-order chi connectivity index (χ0) is 28.4. The Morgan fingerprint density at radius 2 is 1.70 bits per heavy atom. The highest BCUT2D eigenvalue weighted by Gasteiger charge is 2.26. The van der Waals surface area contributed by atoms with Gasteiger partial charge in [-0.15, -0.1) is 10.2 Å². The van der Waals surface area contributed by atoms with E-state index >= 15 is 0 Å². The predicted octanol–water partition coefficient (Wildman–Crippen LogP) is 8.42. The van der Waals surface area contributed by atoms with E-state index < -0.39 is 0 Å². The van der Waals surface area contributed by atoms with E-state index in [1.165, 1.54) is 17.3 Å². The molecule has 1 atom stereocenters. The van der Waals surface area contributed by atoms with Gasteiger partial charge < -0.3 is 9.72 Å². The molecule has 0 unspecified atom stereocenters. The number of hydrogen-bond acceptors (Lipinski definition) is 5. The monoisotopic (exact) mass is 552 g/mol. The van der Waals surface area contributed by atoms with E-state index in [4.69, 9.17) is 4.74 Å². The number of para-hydroxylation sites is 1. The van der Waals surface area contributed by atoms with E-state index in [0.717, 1.165) is 39.0 Å². The van der Waals surface area contributed by atoms with Crippen LogP contribution >= 0.6 is 11.8 Å². The lowest BCUT2D eigenvalue weighted by Crippen LogP contribution is -2.17. The van der Waals surface area contributed by atoms with E-state index in [0.29, 0.717) is 23.5 Å². The second kappa shape index (κ2) is 11.7. The zero-order valence-corrected chi connectivity index (χ0v) is 24.8. The fourth-order valence-corrected chi connectivity index (χ4v) is 5.88. The van der Waals surface area contributed by atoms with Crippen molar-refractivity contribution in [2.75, 3.05) is 6.61 Å². The molecule has 7 heteroatoms. The van der Waals surface area contributed by atoms with Crippen LogP contribution in [0.15, 0.2) is 78.1 Å². The van der Waals surface area contributed by atoms with E-state index in [2.05, 4.69) is 61.1 Å². The minimum Gasteiger partial charge on any atom is -0.494 e. The smallest absolute Gasteiger partial charge is 0.196 e. The SMILES string of the molecule is CCOc1ccc(-n2c(S[C@@H](C)C(=O)c3ccc(C(C)C)cc3C(C)C)nnc2-c2c[nH]c3ccccc23)cc1. The lowest BCUT2D eigenvalue weighted by atomic mass is 9.89. The molecule has 0 aliphatic heterocycles. The number of thioether (sulfide) groups is 1. The molecule has 0 saturated carbocycles. The van der Waals surface area contributed by atoms with Crippen LogP contribution in [-0.2, 0) is 0 Å². The van der Waals surface area contributed by atoms with Crippen LogP contribution in [0.25, 0.3) is 28.0 Å². The lowest BCUT2D eigenvalue weighted by Gasteiger charge is -2.18. The predicted molar refractivity (Wildman–Crippen MR) is 164 cm³/mol. The van der Waals surface area contributed by atoms with Crippen molar-refractivity contribution in [3.63, 3.8) is 0 Å². The van der Waals surface area contributed by atoms with Gasteiger partial charge in [0.2, 0.25) is 0 Å². The number of nitrogens with zero attached hydrogens (tertiary/aromatic N) is 3. The molecule has 0 radical (unpaired) electrons. The van der Waals surface area contributed by atoms with Crippen LogP contribution in [0.3, 0.4) is 0 Å². The summed E-state index contributed by atoms with van der Waals surface area (Å²) in [7, 11) is 0. The van der Waals surface area contributed by atoms with Crippen molar-refractivity contribution in [1.29, 1.82) is 0 Å². The number of rotatable bonds is 10. The van der Waals surface area contributed by atoms with Crippen LogP contribution in [0.2, 0.25) is 0 Å². The van der Waals surface area contributed by atoms with Gasteiger partial charge in [0.05, 0.1) is 11.9 Å². The van der Waals surface area contributed by atoms with E-state index in [9.17, 15) is 4.79 Å². The maximum absolute atomic E-state index is 13.8. The Hall–Kier alpha value is -3.84. The second-order valence-electron chi connectivity index (χ2n) is 10.6. The Labute approximate surface area is 240 Å². The van der Waals surface area contributed by atoms with Crippen molar-refractivity contribution in [2.45, 2.75) is 63.8 Å². The summed E-state index contributed by atoms with van der Waals surface area (Å²) in [6.45, 7) is 13.2. The van der Waals surface area contributed by atoms with Gasteiger partial charge in [0.15, 0.2) is 16.8 Å². The van der Waals surface area contributed by atoms with Crippen LogP contribution in [-0.4, -0.2) is 37.4 Å². The van der Waals surface area contributed by atoms with Gasteiger partial charge in [-0.05, 0) is 67.1 Å². The molecule has 0 aliphatic carbocycles. The number of H-pyrrole nitrogens is 1. The number of carbonyl (C=O) groups excluding carboxylic acids is 1. The number of Topliss-reactive ketones (excluding diaryl/α,β-unsaturated/α-hetero) is 1. The first-order valence-electron chi connectivity index (χ1n) is 13.9. The maximum Gasteiger partial charge on any atom is 0.196 e. The summed E-state index contributed by atoms with van der Waals surface area (Å²) in [5, 5.41) is 10.6. The van der Waals surface area contributed by atoms with Gasteiger partial charge in [-0.1, -0.05) is 75.9 Å². The summed E-state index contributed by atoms with van der Waals surface area (Å²) < 4.78 is 7.70. The largest absolute Gasteiger partial charge is 0.494 e. The van der Waals surface area contributed by atoms with Crippen molar-refractivity contribution in [2.24, 2.45) is 0 Å². The molecule has 0 spiro atoms. The number of aromatic amines is 1. The Bertz CT molecular complexity index is 1630. The Balaban J connectivity index is 1.54. The highest BCUT2D eigenvalue weighted by molar-refractivity contribution is 8.00. The molecule has 1 N–H and O–H groups in total. The Morgan fingerprint density at radius 1 is 0.950 bits per heavy atom. The average molecular weight is 553 g/mol. The van der Waals surface area contributed by atoms with Gasteiger partial charge >= 0.3 is 0 Å². The lowest BCUT2D eigenvalue weighted by molar-refractivity contribution is 0.0992. The van der Waals surface area contributed by atoms with E-state index in [1.807, 2.05) is 73.1 Å². The molecule has 5 aromatic rings. The second-order valence-corrected chi connectivity index (χ2v) is 11.9. The minimum absolute atomic E-state index is 0.0962. The number of hydrogen-bond donors (Lipinski definition) is 1. The van der Waals surface area contributed by atoms with Gasteiger partial charge in [-0.3, -0.25) is 9.36 Å². The maximum atomic E-state index is 13.8. The molecule has 3 aromatic carbocycles. The summed E-state index contributed by atoms with van der Waals surface area (Å²) in [6.07, 6.45) is 1.97. The first-order chi connectivity index (χ1) is 19.3. The topological polar surface area (TPSA) is 72.8 Å². The summed E-state index contributed by atoms with van der Waals surface area (Å²) in [6, 6.07) is 22.3. The first-order valence-corrected chi connectivity index (χ1v) is 14.8. The standard InChI is InChI=1S/C33H36N4O2S/c1-7-39-25-15-13-24(14-16-25)37-32(29-19-34-30-11-9-8-10-26(29)30)35-36-33(37)40-22(6)31(38)27-17-12-23(20(2)3)18-28(27)21(4)5/h8-22,34H,7H2,1-6H3/t22-/m0/s1. The van der Waals surface area contributed by atoms with E-state index in [1.54, 1.807) is 0 Å². The zero-order valence-electron chi connectivity index (χ0n) is 23.9. The summed E-state index contributed by atoms with van der Waals surface area (Å²) >= 11 is 1.44. The summed E-state index contributed by atoms with van der Waals surface area (Å²) in [5.41, 5.74) is 6.01. The summed E-state index contributed by atoms with van der Waals surface area (Å²) in [5.74, 6) is 2.27. The molecule has 0 aliphatic rings. The third-order valence-corrected chi connectivity index (χ3v) is 8.19. The number of nitrogens with one attached hydrogen (secondary N) is 1. The molecule has 5 rings (SSSR count). The third kappa shape index (κ3) is 5.43. The molecule has 2 aromatic heterocycles. The molecule has 2 heterocycles. The van der Waals surface area contributed by atoms with Crippen molar-refractivity contribution < 1.29 is 9.53 Å². The number of ether oxygens (including phenoxy) is 1. The number of ketones is 1. The molecule has 0 amide bonds. The fraction of sp³-hybridized carbons (Fsp3) is 0.303. The number of carbonyl (C=O) groups is 1. The van der Waals surface area contributed by atoms with Crippen molar-refractivity contribution in [3.05, 3.63) is 89.6 Å². The van der Waals surface area contributed by atoms with Gasteiger partial charge in [0.25, 0.3) is 0 Å². The van der Waals surface area contributed by atoms with Crippen LogP contribution in [0.5, 0.6) is 5.75 Å². The molecular formula is C33H36N4O2S.